The van der Waals surface area contributed by atoms with Gasteiger partial charge in [0.15, 0.2) is 6.10 Å². The minimum absolute atomic E-state index is 0.200. The fourth-order valence-corrected chi connectivity index (χ4v) is 4.21. The van der Waals surface area contributed by atoms with Crippen LogP contribution in [0.5, 0.6) is 11.5 Å². The number of ether oxygens (including phenoxy) is 3. The molecule has 1 N–H and O–H groups in total. The van der Waals surface area contributed by atoms with Crippen LogP contribution >= 0.6 is 0 Å². The third-order valence-electron chi connectivity index (χ3n) is 5.49. The van der Waals surface area contributed by atoms with Gasteiger partial charge in [0.05, 0.1) is 29.1 Å². The SMILES string of the molecule is COc1cc2c(c3c1c(=O)c1ccccc1n3C)[C@H](O)[C@@H](OC(C)=O)C(C)(C)O2. The van der Waals surface area contributed by atoms with Gasteiger partial charge in [-0.2, -0.15) is 0 Å². The van der Waals surface area contributed by atoms with Gasteiger partial charge in [0.2, 0.25) is 5.43 Å². The summed E-state index contributed by atoms with van der Waals surface area (Å²) in [7, 11) is 3.30. The minimum atomic E-state index is -1.18. The van der Waals surface area contributed by atoms with Gasteiger partial charge in [0.1, 0.15) is 23.2 Å². The van der Waals surface area contributed by atoms with Crippen LogP contribution in [-0.2, 0) is 16.6 Å². The summed E-state index contributed by atoms with van der Waals surface area (Å²) in [4.78, 5) is 25.0. The van der Waals surface area contributed by atoms with Crippen molar-refractivity contribution in [2.45, 2.75) is 38.6 Å². The Bertz CT molecular complexity index is 1210. The zero-order valence-corrected chi connectivity index (χ0v) is 17.0. The van der Waals surface area contributed by atoms with Crippen molar-refractivity contribution >= 4 is 27.8 Å². The van der Waals surface area contributed by atoms with Crippen molar-refractivity contribution in [1.29, 1.82) is 0 Å². The summed E-state index contributed by atoms with van der Waals surface area (Å²) in [6.07, 6.45) is -2.12. The maximum absolute atomic E-state index is 13.3. The molecule has 0 bridgehead atoms. The number of benzene rings is 2. The summed E-state index contributed by atoms with van der Waals surface area (Å²) < 4.78 is 18.9. The van der Waals surface area contributed by atoms with E-state index >= 15 is 0 Å². The molecule has 2 aromatic carbocycles. The highest BCUT2D eigenvalue weighted by Gasteiger charge is 2.47. The molecule has 0 amide bonds. The normalized spacial score (nSPS) is 20.2. The van der Waals surface area contributed by atoms with E-state index in [2.05, 4.69) is 0 Å². The van der Waals surface area contributed by atoms with E-state index in [4.69, 9.17) is 14.2 Å². The fourth-order valence-electron chi connectivity index (χ4n) is 4.21. The molecular weight excluding hydrogens is 374 g/mol. The van der Waals surface area contributed by atoms with Crippen LogP contribution in [0.25, 0.3) is 21.8 Å². The van der Waals surface area contributed by atoms with Crippen LogP contribution in [0.3, 0.4) is 0 Å². The largest absolute Gasteiger partial charge is 0.496 e. The quantitative estimate of drug-likeness (QED) is 0.529. The van der Waals surface area contributed by atoms with Crippen molar-refractivity contribution < 1.29 is 24.1 Å². The van der Waals surface area contributed by atoms with Crippen LogP contribution in [-0.4, -0.2) is 34.5 Å². The molecule has 7 nitrogen and oxygen atoms in total. The second-order valence-corrected chi connectivity index (χ2v) is 7.80. The van der Waals surface area contributed by atoms with E-state index in [-0.39, 0.29) is 5.43 Å². The lowest BCUT2D eigenvalue weighted by Gasteiger charge is -2.42. The molecule has 3 aromatic rings. The van der Waals surface area contributed by atoms with Gasteiger partial charge in [-0.25, -0.2) is 0 Å². The third kappa shape index (κ3) is 2.76. The molecule has 29 heavy (non-hydrogen) atoms. The van der Waals surface area contributed by atoms with Crippen LogP contribution in [0.15, 0.2) is 35.1 Å². The molecule has 2 atom stereocenters. The molecule has 1 aromatic heterocycles. The van der Waals surface area contributed by atoms with Crippen molar-refractivity contribution in [2.24, 2.45) is 7.05 Å². The second-order valence-electron chi connectivity index (χ2n) is 7.80. The maximum atomic E-state index is 13.3. The number of aryl methyl sites for hydroxylation is 1. The summed E-state index contributed by atoms with van der Waals surface area (Å²) in [6.45, 7) is 4.76. The number of aliphatic hydroxyl groups excluding tert-OH is 1. The Morgan fingerprint density at radius 1 is 1.28 bits per heavy atom. The molecule has 0 spiro atoms. The predicted octanol–water partition coefficient (Wildman–Crippen LogP) is 2.84. The van der Waals surface area contributed by atoms with E-state index < -0.39 is 23.8 Å². The number of carbonyl (C=O) groups is 1. The van der Waals surface area contributed by atoms with Gasteiger partial charge in [-0.05, 0) is 26.0 Å². The van der Waals surface area contributed by atoms with E-state index in [1.165, 1.54) is 14.0 Å². The second kappa shape index (κ2) is 6.49. The number of aliphatic hydroxyl groups is 1. The van der Waals surface area contributed by atoms with Gasteiger partial charge >= 0.3 is 5.97 Å². The molecule has 0 aliphatic carbocycles. The molecule has 0 fully saturated rings. The summed E-state index contributed by atoms with van der Waals surface area (Å²) in [6, 6.07) is 8.86. The molecule has 0 unspecified atom stereocenters. The molecule has 7 heteroatoms. The number of para-hydroxylation sites is 1. The van der Waals surface area contributed by atoms with Crippen molar-refractivity contribution in [3.63, 3.8) is 0 Å². The van der Waals surface area contributed by atoms with Crippen molar-refractivity contribution in [2.75, 3.05) is 7.11 Å². The van der Waals surface area contributed by atoms with Gasteiger partial charge in [-0.1, -0.05) is 12.1 Å². The van der Waals surface area contributed by atoms with E-state index in [1.807, 2.05) is 23.7 Å². The highest BCUT2D eigenvalue weighted by atomic mass is 16.6. The summed E-state index contributed by atoms with van der Waals surface area (Å²) >= 11 is 0. The number of methoxy groups -OCH3 is 1. The van der Waals surface area contributed by atoms with Gasteiger partial charge in [0, 0.05) is 25.4 Å². The van der Waals surface area contributed by atoms with Crippen LogP contribution < -0.4 is 14.9 Å². The number of pyridine rings is 1. The lowest BCUT2D eigenvalue weighted by atomic mass is 9.86. The van der Waals surface area contributed by atoms with Gasteiger partial charge in [-0.3, -0.25) is 9.59 Å². The molecule has 2 heterocycles. The first-order chi connectivity index (χ1) is 13.7. The van der Waals surface area contributed by atoms with Crippen LogP contribution in [0, 0.1) is 0 Å². The number of hydrogen-bond acceptors (Lipinski definition) is 6. The zero-order valence-electron chi connectivity index (χ0n) is 17.0. The first-order valence-corrected chi connectivity index (χ1v) is 9.34. The first kappa shape index (κ1) is 19.3. The highest BCUT2D eigenvalue weighted by Crippen LogP contribution is 2.47. The molecule has 0 radical (unpaired) electrons. The molecule has 152 valence electrons. The Balaban J connectivity index is 2.16. The number of fused-ring (bicyclic) bond motifs is 4. The summed E-state index contributed by atoms with van der Waals surface area (Å²) in [5, 5.41) is 12.1. The Morgan fingerprint density at radius 2 is 1.97 bits per heavy atom. The number of carbonyl (C=O) groups excluding carboxylic acids is 1. The molecule has 1 aliphatic rings. The third-order valence-corrected chi connectivity index (χ3v) is 5.49. The van der Waals surface area contributed by atoms with E-state index in [0.717, 1.165) is 0 Å². The number of aromatic nitrogens is 1. The first-order valence-electron chi connectivity index (χ1n) is 9.34. The maximum Gasteiger partial charge on any atom is 0.303 e. The smallest absolute Gasteiger partial charge is 0.303 e. The highest BCUT2D eigenvalue weighted by molar-refractivity contribution is 5.99. The lowest BCUT2D eigenvalue weighted by molar-refractivity contribution is -0.174. The standard InChI is InChI=1S/C22H23NO6/c1-11(24)28-21-20(26)17-15(29-22(21,2)3)10-14(27-5)16-18(17)23(4)13-9-7-6-8-12(13)19(16)25/h6-10,20-21,26H,1-5H3/t20-,21+/m0/s1. The average Bonchev–Trinajstić information content (AvgIpc) is 2.67. The average molecular weight is 397 g/mol. The Morgan fingerprint density at radius 3 is 2.62 bits per heavy atom. The lowest BCUT2D eigenvalue weighted by Crippen LogP contribution is -2.51. The Kier molecular flexibility index (Phi) is 4.31. The van der Waals surface area contributed by atoms with Gasteiger partial charge < -0.3 is 23.9 Å². The number of hydrogen-bond donors (Lipinski definition) is 1. The van der Waals surface area contributed by atoms with Crippen molar-refractivity contribution in [1.82, 2.24) is 4.57 Å². The number of nitrogens with zero attached hydrogens (tertiary/aromatic N) is 1. The minimum Gasteiger partial charge on any atom is -0.496 e. The van der Waals surface area contributed by atoms with Crippen molar-refractivity contribution in [3.8, 4) is 11.5 Å². The number of esters is 1. The summed E-state index contributed by atoms with van der Waals surface area (Å²) in [5.41, 5.74) is 0.419. The Labute approximate surface area is 167 Å². The molecule has 0 saturated carbocycles. The van der Waals surface area contributed by atoms with E-state index in [0.29, 0.717) is 38.9 Å². The number of rotatable bonds is 2. The van der Waals surface area contributed by atoms with Crippen LogP contribution in [0.1, 0.15) is 32.4 Å². The monoisotopic (exact) mass is 397 g/mol. The Hall–Kier alpha value is -3.06. The van der Waals surface area contributed by atoms with Gasteiger partial charge in [0.25, 0.3) is 0 Å². The topological polar surface area (TPSA) is 87.0 Å². The van der Waals surface area contributed by atoms with Crippen LogP contribution in [0.2, 0.25) is 0 Å². The van der Waals surface area contributed by atoms with E-state index in [1.54, 1.807) is 32.0 Å². The zero-order chi connectivity index (χ0) is 21.1. The fraction of sp³-hybridized carbons (Fsp3) is 0.364. The van der Waals surface area contributed by atoms with Crippen molar-refractivity contribution in [3.05, 3.63) is 46.1 Å². The van der Waals surface area contributed by atoms with E-state index in [9.17, 15) is 14.7 Å². The molecule has 1 aliphatic heterocycles. The van der Waals surface area contributed by atoms with Crippen LogP contribution in [0.4, 0.5) is 0 Å². The molecule has 0 saturated heterocycles. The molecule has 4 rings (SSSR count). The van der Waals surface area contributed by atoms with Gasteiger partial charge in [-0.15, -0.1) is 0 Å². The molecular formula is C22H23NO6. The predicted molar refractivity (Wildman–Crippen MR) is 108 cm³/mol. The summed E-state index contributed by atoms with van der Waals surface area (Å²) in [5.74, 6) is 0.228.